The first-order valence-corrected chi connectivity index (χ1v) is 6.68. The van der Waals surface area contributed by atoms with Gasteiger partial charge in [-0.15, -0.1) is 0 Å². The van der Waals surface area contributed by atoms with Crippen LogP contribution in [0.25, 0.3) is 0 Å². The summed E-state index contributed by atoms with van der Waals surface area (Å²) in [7, 11) is 1.27. The Hall–Kier alpha value is -2.11. The number of ether oxygens (including phenoxy) is 1. The van der Waals surface area contributed by atoms with Crippen molar-refractivity contribution in [2.75, 3.05) is 7.11 Å². The number of hydrogen-bond acceptors (Lipinski definition) is 4. The van der Waals surface area contributed by atoms with Crippen molar-refractivity contribution in [1.29, 1.82) is 0 Å². The Morgan fingerprint density at radius 3 is 2.24 bits per heavy atom. The fourth-order valence-corrected chi connectivity index (χ4v) is 2.14. The molecule has 21 heavy (non-hydrogen) atoms. The van der Waals surface area contributed by atoms with Crippen LogP contribution in [0.5, 0.6) is 0 Å². The van der Waals surface area contributed by atoms with E-state index in [4.69, 9.17) is 4.74 Å². The molecule has 6 heteroatoms. The van der Waals surface area contributed by atoms with Gasteiger partial charge in [0.25, 0.3) is 0 Å². The summed E-state index contributed by atoms with van der Waals surface area (Å²) in [6.07, 6.45) is -0.0180. The van der Waals surface area contributed by atoms with E-state index in [1.165, 1.54) is 14.0 Å². The van der Waals surface area contributed by atoms with Crippen LogP contribution in [0.1, 0.15) is 59.8 Å². The molecule has 0 aromatic carbocycles. The summed E-state index contributed by atoms with van der Waals surface area (Å²) < 4.78 is 4.73. The topological polar surface area (TPSA) is 88.3 Å². The number of methoxy groups -OCH3 is 1. The van der Waals surface area contributed by atoms with Crippen molar-refractivity contribution in [3.8, 4) is 0 Å². The van der Waals surface area contributed by atoms with Crippen molar-refractivity contribution >= 4 is 17.7 Å². The zero-order valence-electron chi connectivity index (χ0n) is 13.3. The number of carbonyl (C=O) groups is 3. The van der Waals surface area contributed by atoms with Gasteiger partial charge in [0.1, 0.15) is 0 Å². The predicted octanol–water partition coefficient (Wildman–Crippen LogP) is 1.77. The van der Waals surface area contributed by atoms with E-state index in [0.29, 0.717) is 17.0 Å². The van der Waals surface area contributed by atoms with Crippen LogP contribution in [0, 0.1) is 6.92 Å². The Morgan fingerprint density at radius 2 is 1.81 bits per heavy atom. The highest BCUT2D eigenvalue weighted by atomic mass is 16.5. The third-order valence-corrected chi connectivity index (χ3v) is 2.92. The van der Waals surface area contributed by atoms with E-state index in [2.05, 4.69) is 10.3 Å². The van der Waals surface area contributed by atoms with Gasteiger partial charge in [0.15, 0.2) is 5.78 Å². The van der Waals surface area contributed by atoms with Crippen LogP contribution in [0.4, 0.5) is 0 Å². The number of ketones is 1. The van der Waals surface area contributed by atoms with Crippen molar-refractivity contribution in [3.63, 3.8) is 0 Å². The summed E-state index contributed by atoms with van der Waals surface area (Å²) in [4.78, 5) is 38.3. The van der Waals surface area contributed by atoms with Gasteiger partial charge in [-0.25, -0.2) is 4.79 Å². The SMILES string of the molecule is COC(=O)c1c(CC(=O)NC(C)(C)C)[nH]c(C(C)=O)c1C. The summed E-state index contributed by atoms with van der Waals surface area (Å²) in [5.41, 5.74) is 1.12. The van der Waals surface area contributed by atoms with Gasteiger partial charge in [-0.1, -0.05) is 0 Å². The molecule has 0 fully saturated rings. The standard InChI is InChI=1S/C15H22N2O4/c1-8-12(14(20)21-6)10(16-13(8)9(2)18)7-11(19)17-15(3,4)5/h16H,7H2,1-6H3,(H,17,19). The second kappa shape index (κ2) is 6.11. The number of esters is 1. The van der Waals surface area contributed by atoms with Crippen molar-refractivity contribution < 1.29 is 19.1 Å². The van der Waals surface area contributed by atoms with E-state index in [1.54, 1.807) is 6.92 Å². The summed E-state index contributed by atoms with van der Waals surface area (Å²) in [6, 6.07) is 0. The molecule has 1 aromatic rings. The molecule has 1 heterocycles. The highest BCUT2D eigenvalue weighted by Gasteiger charge is 2.25. The molecule has 116 valence electrons. The molecule has 0 saturated carbocycles. The molecule has 0 radical (unpaired) electrons. The molecule has 0 unspecified atom stereocenters. The summed E-state index contributed by atoms with van der Waals surface area (Å²) in [5.74, 6) is -0.987. The number of amides is 1. The molecule has 0 aliphatic rings. The van der Waals surface area contributed by atoms with E-state index in [1.807, 2.05) is 20.8 Å². The summed E-state index contributed by atoms with van der Waals surface area (Å²) in [6.45, 7) is 8.66. The maximum Gasteiger partial charge on any atom is 0.339 e. The van der Waals surface area contributed by atoms with Gasteiger partial charge in [-0.05, 0) is 33.3 Å². The van der Waals surface area contributed by atoms with Crippen molar-refractivity contribution in [2.45, 2.75) is 46.6 Å². The fourth-order valence-electron chi connectivity index (χ4n) is 2.14. The third kappa shape index (κ3) is 4.18. The van der Waals surface area contributed by atoms with E-state index >= 15 is 0 Å². The highest BCUT2D eigenvalue weighted by Crippen LogP contribution is 2.20. The third-order valence-electron chi connectivity index (χ3n) is 2.92. The smallest absolute Gasteiger partial charge is 0.339 e. The Kier molecular flexibility index (Phi) is 4.93. The van der Waals surface area contributed by atoms with Gasteiger partial charge >= 0.3 is 5.97 Å². The van der Waals surface area contributed by atoms with Crippen LogP contribution in [-0.4, -0.2) is 35.3 Å². The van der Waals surface area contributed by atoms with E-state index in [9.17, 15) is 14.4 Å². The van der Waals surface area contributed by atoms with E-state index < -0.39 is 5.97 Å². The van der Waals surface area contributed by atoms with Crippen LogP contribution >= 0.6 is 0 Å². The molecule has 0 bridgehead atoms. The van der Waals surface area contributed by atoms with Crippen molar-refractivity contribution in [1.82, 2.24) is 10.3 Å². The minimum Gasteiger partial charge on any atom is -0.465 e. The molecular formula is C15H22N2O4. The molecule has 6 nitrogen and oxygen atoms in total. The van der Waals surface area contributed by atoms with E-state index in [-0.39, 0.29) is 29.2 Å². The van der Waals surface area contributed by atoms with Crippen LogP contribution in [0.3, 0.4) is 0 Å². The number of hydrogen-bond donors (Lipinski definition) is 2. The largest absolute Gasteiger partial charge is 0.465 e. The maximum atomic E-state index is 12.0. The molecule has 1 aromatic heterocycles. The van der Waals surface area contributed by atoms with Crippen LogP contribution < -0.4 is 5.32 Å². The number of rotatable bonds is 4. The predicted molar refractivity (Wildman–Crippen MR) is 78.5 cm³/mol. The zero-order chi connectivity index (χ0) is 16.4. The Labute approximate surface area is 124 Å². The Morgan fingerprint density at radius 1 is 1.24 bits per heavy atom. The molecule has 0 saturated heterocycles. The second-order valence-electron chi connectivity index (χ2n) is 6.00. The van der Waals surface area contributed by atoms with Gasteiger partial charge in [0.2, 0.25) is 5.91 Å². The number of carbonyl (C=O) groups excluding carboxylic acids is 3. The number of H-pyrrole nitrogens is 1. The monoisotopic (exact) mass is 294 g/mol. The lowest BCUT2D eigenvalue weighted by molar-refractivity contribution is -0.121. The van der Waals surface area contributed by atoms with Crippen LogP contribution in [-0.2, 0) is 16.0 Å². The first-order valence-electron chi connectivity index (χ1n) is 6.68. The number of aromatic nitrogens is 1. The molecule has 1 amide bonds. The second-order valence-corrected chi connectivity index (χ2v) is 6.00. The first kappa shape index (κ1) is 16.9. The van der Waals surface area contributed by atoms with E-state index in [0.717, 1.165) is 0 Å². The molecular weight excluding hydrogens is 272 g/mol. The Balaban J connectivity index is 3.17. The van der Waals surface area contributed by atoms with Crippen molar-refractivity contribution in [2.24, 2.45) is 0 Å². The molecule has 1 rings (SSSR count). The van der Waals surface area contributed by atoms with Crippen LogP contribution in [0.2, 0.25) is 0 Å². The maximum absolute atomic E-state index is 12.0. The zero-order valence-corrected chi connectivity index (χ0v) is 13.3. The number of nitrogens with one attached hydrogen (secondary N) is 2. The van der Waals surface area contributed by atoms with Gasteiger partial charge in [0.05, 0.1) is 24.8 Å². The molecule has 0 aliphatic carbocycles. The molecule has 0 atom stereocenters. The fraction of sp³-hybridized carbons (Fsp3) is 0.533. The van der Waals surface area contributed by atoms with Gasteiger partial charge < -0.3 is 15.0 Å². The van der Waals surface area contributed by atoms with Gasteiger partial charge in [-0.2, -0.15) is 0 Å². The van der Waals surface area contributed by atoms with Crippen molar-refractivity contribution in [3.05, 3.63) is 22.5 Å². The lowest BCUT2D eigenvalue weighted by Gasteiger charge is -2.20. The minimum absolute atomic E-state index is 0.0180. The van der Waals surface area contributed by atoms with Crippen LogP contribution in [0.15, 0.2) is 0 Å². The highest BCUT2D eigenvalue weighted by molar-refractivity contribution is 6.01. The lowest BCUT2D eigenvalue weighted by Crippen LogP contribution is -2.41. The summed E-state index contributed by atoms with van der Waals surface area (Å²) in [5, 5.41) is 2.81. The van der Waals surface area contributed by atoms with Gasteiger partial charge in [-0.3, -0.25) is 9.59 Å². The average Bonchev–Trinajstić information content (AvgIpc) is 2.63. The summed E-state index contributed by atoms with van der Waals surface area (Å²) >= 11 is 0. The van der Waals surface area contributed by atoms with Gasteiger partial charge in [0, 0.05) is 18.2 Å². The molecule has 0 spiro atoms. The Bertz CT molecular complexity index is 579. The number of aromatic amines is 1. The quantitative estimate of drug-likeness (QED) is 0.654. The lowest BCUT2D eigenvalue weighted by atomic mass is 10.1. The molecule has 0 aliphatic heterocycles. The number of Topliss-reactive ketones (excluding diaryl/α,β-unsaturated/α-hetero) is 1. The normalized spacial score (nSPS) is 11.1. The average molecular weight is 294 g/mol. The first-order chi connectivity index (χ1) is 9.56. The molecule has 2 N–H and O–H groups in total. The minimum atomic E-state index is -0.560.